The number of hydrogen-bond acceptors (Lipinski definition) is 5. The fourth-order valence-corrected chi connectivity index (χ4v) is 5.21. The summed E-state index contributed by atoms with van der Waals surface area (Å²) < 4.78 is 45.8. The van der Waals surface area contributed by atoms with Crippen LogP contribution in [0, 0.1) is 12.7 Å². The van der Waals surface area contributed by atoms with Crippen molar-refractivity contribution in [2.24, 2.45) is 0 Å². The van der Waals surface area contributed by atoms with E-state index in [-0.39, 0.29) is 9.90 Å². The molecule has 0 saturated carbocycles. The Kier molecular flexibility index (Phi) is 6.19. The molecule has 0 radical (unpaired) electrons. The topological polar surface area (TPSA) is 75.7 Å². The molecule has 0 fully saturated rings. The van der Waals surface area contributed by atoms with Gasteiger partial charge in [-0.3, -0.25) is 9.10 Å². The van der Waals surface area contributed by atoms with Gasteiger partial charge < -0.3 is 10.1 Å². The van der Waals surface area contributed by atoms with Crippen molar-refractivity contribution in [3.05, 3.63) is 71.4 Å². The number of carbonyl (C=O) groups is 1. The van der Waals surface area contributed by atoms with Crippen LogP contribution in [0.2, 0.25) is 0 Å². The highest BCUT2D eigenvalue weighted by molar-refractivity contribution is 7.94. The molecule has 1 heterocycles. The van der Waals surface area contributed by atoms with E-state index in [1.54, 1.807) is 23.6 Å². The summed E-state index contributed by atoms with van der Waals surface area (Å²) in [7, 11) is -2.52. The molecule has 6 nitrogen and oxygen atoms in total. The van der Waals surface area contributed by atoms with Gasteiger partial charge in [0.25, 0.3) is 10.0 Å². The standard InChI is InChI=1S/C20H19FN2O4S2/c1-14-5-10-18(27-2)17(12-14)22-19(24)13-23(16-8-6-15(21)7-9-16)29(25,26)20-4-3-11-28-20/h3-12H,13H2,1-2H3,(H,22,24). The number of nitrogens with one attached hydrogen (secondary N) is 1. The smallest absolute Gasteiger partial charge is 0.274 e. The van der Waals surface area contributed by atoms with Crippen molar-refractivity contribution in [1.82, 2.24) is 0 Å². The molecule has 9 heteroatoms. The monoisotopic (exact) mass is 434 g/mol. The zero-order valence-electron chi connectivity index (χ0n) is 15.8. The number of nitrogens with zero attached hydrogens (tertiary/aromatic N) is 1. The summed E-state index contributed by atoms with van der Waals surface area (Å²) in [6.45, 7) is 1.38. The first-order valence-corrected chi connectivity index (χ1v) is 10.9. The van der Waals surface area contributed by atoms with Gasteiger partial charge in [0.1, 0.15) is 22.3 Å². The molecule has 1 aromatic heterocycles. The second kappa shape index (κ2) is 8.62. The molecule has 0 bridgehead atoms. The molecule has 0 aliphatic rings. The van der Waals surface area contributed by atoms with Gasteiger partial charge in [0, 0.05) is 0 Å². The highest BCUT2D eigenvalue weighted by atomic mass is 32.2. The first kappa shape index (κ1) is 20.8. The van der Waals surface area contributed by atoms with Crippen LogP contribution in [0.4, 0.5) is 15.8 Å². The maximum absolute atomic E-state index is 13.3. The summed E-state index contributed by atoms with van der Waals surface area (Å²) in [6, 6.07) is 13.3. The normalized spacial score (nSPS) is 11.1. The predicted octanol–water partition coefficient (Wildman–Crippen LogP) is 4.04. The Bertz CT molecular complexity index is 1100. The highest BCUT2D eigenvalue weighted by Gasteiger charge is 2.28. The van der Waals surface area contributed by atoms with Crippen molar-refractivity contribution in [3.8, 4) is 5.75 Å². The van der Waals surface area contributed by atoms with Gasteiger partial charge in [0.05, 0.1) is 18.5 Å². The number of benzene rings is 2. The number of methoxy groups -OCH3 is 1. The van der Waals surface area contributed by atoms with Gasteiger partial charge in [0.2, 0.25) is 5.91 Å². The number of hydrogen-bond donors (Lipinski definition) is 1. The van der Waals surface area contributed by atoms with Crippen molar-refractivity contribution in [2.45, 2.75) is 11.1 Å². The van der Waals surface area contributed by atoms with Gasteiger partial charge in [0.15, 0.2) is 0 Å². The van der Waals surface area contributed by atoms with E-state index in [2.05, 4.69) is 5.32 Å². The number of rotatable bonds is 7. The lowest BCUT2D eigenvalue weighted by Crippen LogP contribution is -2.37. The third-order valence-electron chi connectivity index (χ3n) is 4.07. The van der Waals surface area contributed by atoms with Crippen molar-refractivity contribution in [2.75, 3.05) is 23.3 Å². The van der Waals surface area contributed by atoms with Crippen LogP contribution in [-0.4, -0.2) is 28.0 Å². The average Bonchev–Trinajstić information content (AvgIpc) is 3.23. The van der Waals surface area contributed by atoms with E-state index in [9.17, 15) is 17.6 Å². The molecular weight excluding hydrogens is 415 g/mol. The third kappa shape index (κ3) is 4.75. The molecule has 29 heavy (non-hydrogen) atoms. The number of sulfonamides is 1. The van der Waals surface area contributed by atoms with Gasteiger partial charge in [-0.15, -0.1) is 11.3 Å². The summed E-state index contributed by atoms with van der Waals surface area (Å²) in [5.74, 6) is -0.604. The van der Waals surface area contributed by atoms with Gasteiger partial charge in [-0.25, -0.2) is 12.8 Å². The summed E-state index contributed by atoms with van der Waals surface area (Å²) in [5, 5.41) is 4.32. The number of carbonyl (C=O) groups excluding carboxylic acids is 1. The van der Waals surface area contributed by atoms with Crippen LogP contribution in [0.5, 0.6) is 5.75 Å². The van der Waals surface area contributed by atoms with Crippen LogP contribution < -0.4 is 14.4 Å². The maximum Gasteiger partial charge on any atom is 0.274 e. The van der Waals surface area contributed by atoms with Gasteiger partial charge >= 0.3 is 0 Å². The van der Waals surface area contributed by atoms with E-state index in [1.807, 2.05) is 13.0 Å². The maximum atomic E-state index is 13.3. The predicted molar refractivity (Wildman–Crippen MR) is 112 cm³/mol. The van der Waals surface area contributed by atoms with E-state index in [4.69, 9.17) is 4.74 Å². The number of halogens is 1. The average molecular weight is 435 g/mol. The quantitative estimate of drug-likeness (QED) is 0.609. The molecule has 0 atom stereocenters. The third-order valence-corrected chi connectivity index (χ3v) is 7.22. The van der Waals surface area contributed by atoms with Gasteiger partial charge in [-0.1, -0.05) is 12.1 Å². The molecule has 3 rings (SSSR count). The second-order valence-electron chi connectivity index (χ2n) is 6.17. The Morgan fingerprint density at radius 3 is 2.52 bits per heavy atom. The number of amides is 1. The van der Waals surface area contributed by atoms with Gasteiger partial charge in [-0.2, -0.15) is 0 Å². The fraction of sp³-hybridized carbons (Fsp3) is 0.150. The molecular formula is C20H19FN2O4S2. The Morgan fingerprint density at radius 1 is 1.17 bits per heavy atom. The molecule has 0 saturated heterocycles. The SMILES string of the molecule is COc1ccc(C)cc1NC(=O)CN(c1ccc(F)cc1)S(=O)(=O)c1cccs1. The number of ether oxygens (including phenoxy) is 1. The van der Waals surface area contributed by atoms with Crippen LogP contribution in [0.25, 0.3) is 0 Å². The Morgan fingerprint density at radius 2 is 1.90 bits per heavy atom. The van der Waals surface area contributed by atoms with E-state index in [0.717, 1.165) is 33.3 Å². The summed E-state index contributed by atoms with van der Waals surface area (Å²) in [6.07, 6.45) is 0. The molecule has 0 unspecified atom stereocenters. The van der Waals surface area contributed by atoms with E-state index >= 15 is 0 Å². The fourth-order valence-electron chi connectivity index (χ4n) is 2.68. The van der Waals surface area contributed by atoms with Crippen LogP contribution in [0.1, 0.15) is 5.56 Å². The zero-order valence-corrected chi connectivity index (χ0v) is 17.4. The first-order chi connectivity index (χ1) is 13.8. The van der Waals surface area contributed by atoms with E-state index in [1.165, 1.54) is 25.3 Å². The van der Waals surface area contributed by atoms with Gasteiger partial charge in [-0.05, 0) is 60.3 Å². The lowest BCUT2D eigenvalue weighted by atomic mass is 10.2. The highest BCUT2D eigenvalue weighted by Crippen LogP contribution is 2.28. The Labute approximate surface area is 172 Å². The number of aryl methyl sites for hydroxylation is 1. The largest absolute Gasteiger partial charge is 0.495 e. The van der Waals surface area contributed by atoms with Crippen LogP contribution in [-0.2, 0) is 14.8 Å². The molecule has 1 amide bonds. The second-order valence-corrected chi connectivity index (χ2v) is 9.21. The summed E-state index contributed by atoms with van der Waals surface area (Å²) >= 11 is 1.04. The molecule has 0 aliphatic carbocycles. The minimum absolute atomic E-state index is 0.0859. The summed E-state index contributed by atoms with van der Waals surface area (Å²) in [4.78, 5) is 12.7. The minimum atomic E-state index is -4.00. The first-order valence-electron chi connectivity index (χ1n) is 8.57. The van der Waals surface area contributed by atoms with E-state index in [0.29, 0.717) is 11.4 Å². The van der Waals surface area contributed by atoms with E-state index < -0.39 is 28.3 Å². The Hall–Kier alpha value is -2.91. The lowest BCUT2D eigenvalue weighted by molar-refractivity contribution is -0.114. The molecule has 0 spiro atoms. The lowest BCUT2D eigenvalue weighted by Gasteiger charge is -2.23. The molecule has 152 valence electrons. The zero-order chi connectivity index (χ0) is 21.0. The molecule has 2 aromatic carbocycles. The minimum Gasteiger partial charge on any atom is -0.495 e. The van der Waals surface area contributed by atoms with Crippen molar-refractivity contribution in [3.63, 3.8) is 0 Å². The summed E-state index contributed by atoms with van der Waals surface area (Å²) in [5.41, 5.74) is 1.53. The Balaban J connectivity index is 1.92. The molecule has 0 aliphatic heterocycles. The number of thiophene rings is 1. The number of anilines is 2. The molecule has 3 aromatic rings. The van der Waals surface area contributed by atoms with Crippen LogP contribution in [0.15, 0.2) is 64.2 Å². The van der Waals surface area contributed by atoms with Crippen molar-refractivity contribution >= 4 is 38.6 Å². The van der Waals surface area contributed by atoms with Crippen LogP contribution >= 0.6 is 11.3 Å². The van der Waals surface area contributed by atoms with Crippen molar-refractivity contribution in [1.29, 1.82) is 0 Å². The van der Waals surface area contributed by atoms with Crippen molar-refractivity contribution < 1.29 is 22.3 Å². The van der Waals surface area contributed by atoms with Crippen LogP contribution in [0.3, 0.4) is 0 Å². The molecule has 1 N–H and O–H groups in total.